The highest BCUT2D eigenvalue weighted by Gasteiger charge is 2.23. The summed E-state index contributed by atoms with van der Waals surface area (Å²) in [4.78, 5) is 35.7. The van der Waals surface area contributed by atoms with Crippen LogP contribution in [0, 0.1) is 0 Å². The van der Waals surface area contributed by atoms with E-state index in [-0.39, 0.29) is 25.0 Å². The minimum absolute atomic E-state index is 0.119. The molecule has 3 heterocycles. The van der Waals surface area contributed by atoms with Crippen molar-refractivity contribution < 1.29 is 14.7 Å². The summed E-state index contributed by atoms with van der Waals surface area (Å²) in [5.41, 5.74) is 4.06. The van der Waals surface area contributed by atoms with E-state index in [9.17, 15) is 9.59 Å². The van der Waals surface area contributed by atoms with Crippen LogP contribution in [0.3, 0.4) is 0 Å². The number of aliphatic hydroxyl groups is 1. The van der Waals surface area contributed by atoms with Gasteiger partial charge in [-0.05, 0) is 54.2 Å². The summed E-state index contributed by atoms with van der Waals surface area (Å²) < 4.78 is 1.62. The number of thioether (sulfide) groups is 1. The van der Waals surface area contributed by atoms with Crippen molar-refractivity contribution in [1.82, 2.24) is 20.0 Å². The van der Waals surface area contributed by atoms with Gasteiger partial charge in [-0.1, -0.05) is 6.07 Å². The van der Waals surface area contributed by atoms with Crippen molar-refractivity contribution >= 4 is 53.0 Å². The Balaban J connectivity index is 1.67. The second-order valence-electron chi connectivity index (χ2n) is 7.26. The van der Waals surface area contributed by atoms with Crippen LogP contribution in [0.25, 0.3) is 16.9 Å². The molecule has 0 unspecified atom stereocenters. The Hall–Kier alpha value is -3.47. The minimum Gasteiger partial charge on any atom is -0.395 e. The number of nitrogens with one attached hydrogen (secondary N) is 2. The predicted molar refractivity (Wildman–Crippen MR) is 137 cm³/mol. The van der Waals surface area contributed by atoms with E-state index < -0.39 is 0 Å². The molecule has 4 aromatic rings. The van der Waals surface area contributed by atoms with E-state index in [2.05, 4.69) is 27.3 Å². The molecule has 34 heavy (non-hydrogen) atoms. The van der Waals surface area contributed by atoms with Crippen LogP contribution in [-0.4, -0.2) is 52.4 Å². The molecule has 4 rings (SSSR count). The Morgan fingerprint density at radius 2 is 2.09 bits per heavy atom. The Morgan fingerprint density at radius 1 is 1.24 bits per heavy atom. The van der Waals surface area contributed by atoms with Crippen LogP contribution >= 0.6 is 23.1 Å². The number of hydrogen-bond donors (Lipinski definition) is 3. The lowest BCUT2D eigenvalue weighted by Gasteiger charge is -2.09. The molecule has 0 aliphatic heterocycles. The molecule has 1 aromatic carbocycles. The molecule has 0 aliphatic carbocycles. The lowest BCUT2D eigenvalue weighted by atomic mass is 10.2. The van der Waals surface area contributed by atoms with Crippen molar-refractivity contribution in [3.63, 3.8) is 0 Å². The number of rotatable bonds is 9. The van der Waals surface area contributed by atoms with E-state index in [0.29, 0.717) is 29.1 Å². The third kappa shape index (κ3) is 4.74. The van der Waals surface area contributed by atoms with Gasteiger partial charge < -0.3 is 15.7 Å². The topological polar surface area (TPSA) is 108 Å². The highest BCUT2D eigenvalue weighted by Crippen LogP contribution is 2.29. The molecular weight excluding hydrogens is 470 g/mol. The number of fused-ring (bicyclic) bond motifs is 1. The second-order valence-corrected chi connectivity index (χ2v) is 8.89. The third-order valence-corrected chi connectivity index (χ3v) is 6.62. The quantitative estimate of drug-likeness (QED) is 0.243. The second kappa shape index (κ2) is 10.6. The van der Waals surface area contributed by atoms with Gasteiger partial charge in [0.1, 0.15) is 11.4 Å². The van der Waals surface area contributed by atoms with E-state index in [1.54, 1.807) is 34.5 Å². The molecule has 0 spiro atoms. The minimum atomic E-state index is -0.374. The fourth-order valence-electron chi connectivity index (χ4n) is 3.56. The maximum absolute atomic E-state index is 13.1. The van der Waals surface area contributed by atoms with Gasteiger partial charge in [0, 0.05) is 35.1 Å². The van der Waals surface area contributed by atoms with Crippen molar-refractivity contribution in [2.45, 2.75) is 11.4 Å². The van der Waals surface area contributed by atoms with Crippen molar-refractivity contribution in [2.24, 2.45) is 4.99 Å². The van der Waals surface area contributed by atoms with E-state index in [0.717, 1.165) is 21.7 Å². The molecular formula is C24H23N5O3S2. The monoisotopic (exact) mass is 493 g/mol. The van der Waals surface area contributed by atoms with Crippen LogP contribution in [-0.2, 0) is 6.54 Å². The zero-order chi connectivity index (χ0) is 24.1. The number of amides is 2. The van der Waals surface area contributed by atoms with Crippen LogP contribution < -0.4 is 10.6 Å². The van der Waals surface area contributed by atoms with Gasteiger partial charge in [0.2, 0.25) is 0 Å². The van der Waals surface area contributed by atoms with E-state index >= 15 is 0 Å². The van der Waals surface area contributed by atoms with Crippen LogP contribution in [0.15, 0.2) is 63.2 Å². The number of benzene rings is 1. The molecule has 174 valence electrons. The molecule has 3 N–H and O–H groups in total. The lowest BCUT2D eigenvalue weighted by Crippen LogP contribution is -2.28. The van der Waals surface area contributed by atoms with Gasteiger partial charge in [-0.25, -0.2) is 4.98 Å². The first-order valence-corrected chi connectivity index (χ1v) is 12.6. The maximum Gasteiger partial charge on any atom is 0.270 e. The fourth-order valence-corrected chi connectivity index (χ4v) is 4.81. The normalized spacial score (nSPS) is 10.9. The largest absolute Gasteiger partial charge is 0.395 e. The molecule has 0 saturated heterocycles. The summed E-state index contributed by atoms with van der Waals surface area (Å²) in [6, 6.07) is 11.0. The number of aromatic nitrogens is 2. The summed E-state index contributed by atoms with van der Waals surface area (Å²) in [6.45, 7) is 3.86. The summed E-state index contributed by atoms with van der Waals surface area (Å²) in [5, 5.41) is 18.5. The standard InChI is InChI=1S/C24H23N5O3S2/c1-25-18-6-5-15(12-19(18)33-2)13-27-23(31)17-4-3-9-29-21(24(32)26-8-10-30)20(28-22(17)29)16-7-11-34-14-16/h3-7,9,11-12,14,30H,1,8,10,13H2,2H3,(H,26,32)(H,27,31). The molecule has 0 saturated carbocycles. The summed E-state index contributed by atoms with van der Waals surface area (Å²) in [7, 11) is 0. The molecule has 8 nitrogen and oxygen atoms in total. The van der Waals surface area contributed by atoms with Gasteiger partial charge in [-0.3, -0.25) is 19.0 Å². The molecule has 0 bridgehead atoms. The van der Waals surface area contributed by atoms with Crippen LogP contribution in [0.2, 0.25) is 0 Å². The fraction of sp³-hybridized carbons (Fsp3) is 0.167. The number of thiophene rings is 1. The van der Waals surface area contributed by atoms with E-state index in [1.165, 1.54) is 11.3 Å². The number of aliphatic imine (C=N–C) groups is 1. The lowest BCUT2D eigenvalue weighted by molar-refractivity contribution is 0.0934. The van der Waals surface area contributed by atoms with Gasteiger partial charge in [-0.2, -0.15) is 11.3 Å². The summed E-state index contributed by atoms with van der Waals surface area (Å²) >= 11 is 3.06. The molecule has 2 amide bonds. The smallest absolute Gasteiger partial charge is 0.270 e. The molecule has 3 aromatic heterocycles. The molecule has 10 heteroatoms. The van der Waals surface area contributed by atoms with Gasteiger partial charge >= 0.3 is 0 Å². The number of aliphatic hydroxyl groups excluding tert-OH is 1. The maximum atomic E-state index is 13.1. The average molecular weight is 494 g/mol. The Labute approximate surface area is 204 Å². The molecule has 0 radical (unpaired) electrons. The van der Waals surface area contributed by atoms with E-state index in [1.807, 2.05) is 41.3 Å². The third-order valence-electron chi connectivity index (χ3n) is 5.17. The Morgan fingerprint density at radius 3 is 2.79 bits per heavy atom. The average Bonchev–Trinajstić information content (AvgIpc) is 3.53. The number of carbonyl (C=O) groups excluding carboxylic acids is 2. The SMILES string of the molecule is C=Nc1ccc(CNC(=O)c2cccn3c(C(=O)NCCO)c(-c4ccsc4)nc23)cc1SC. The van der Waals surface area contributed by atoms with E-state index in [4.69, 9.17) is 5.11 Å². The van der Waals surface area contributed by atoms with Crippen LogP contribution in [0.1, 0.15) is 26.4 Å². The zero-order valence-corrected chi connectivity index (χ0v) is 20.1. The molecule has 0 fully saturated rings. The first kappa shape index (κ1) is 23.7. The van der Waals surface area contributed by atoms with Crippen molar-refractivity contribution in [3.8, 4) is 11.3 Å². The summed E-state index contributed by atoms with van der Waals surface area (Å²) in [5.74, 6) is -0.674. The summed E-state index contributed by atoms with van der Waals surface area (Å²) in [6.07, 6.45) is 3.67. The van der Waals surface area contributed by atoms with Gasteiger partial charge in [0.25, 0.3) is 11.8 Å². The van der Waals surface area contributed by atoms with Gasteiger partial charge in [0.15, 0.2) is 5.65 Å². The molecule has 0 aliphatic rings. The number of nitrogens with zero attached hydrogens (tertiary/aromatic N) is 3. The van der Waals surface area contributed by atoms with Gasteiger partial charge in [-0.15, -0.1) is 11.8 Å². The Bertz CT molecular complexity index is 1350. The first-order valence-electron chi connectivity index (χ1n) is 10.4. The zero-order valence-electron chi connectivity index (χ0n) is 18.4. The number of imidazole rings is 1. The predicted octanol–water partition coefficient (Wildman–Crippen LogP) is 3.77. The number of pyridine rings is 1. The van der Waals surface area contributed by atoms with Crippen LogP contribution in [0.4, 0.5) is 5.69 Å². The van der Waals surface area contributed by atoms with Crippen LogP contribution in [0.5, 0.6) is 0 Å². The number of carbonyl (C=O) groups is 2. The van der Waals surface area contributed by atoms with Crippen molar-refractivity contribution in [1.29, 1.82) is 0 Å². The highest BCUT2D eigenvalue weighted by atomic mass is 32.2. The van der Waals surface area contributed by atoms with Crippen molar-refractivity contribution in [3.05, 3.63) is 70.2 Å². The van der Waals surface area contributed by atoms with Gasteiger partial charge in [0.05, 0.1) is 17.9 Å². The highest BCUT2D eigenvalue weighted by molar-refractivity contribution is 7.98. The number of hydrogen-bond acceptors (Lipinski definition) is 7. The van der Waals surface area contributed by atoms with Crippen molar-refractivity contribution in [2.75, 3.05) is 19.4 Å². The molecule has 0 atom stereocenters. The first-order chi connectivity index (χ1) is 16.6. The Kier molecular flexibility index (Phi) is 7.41.